The molecule has 1 aliphatic rings. The highest BCUT2D eigenvalue weighted by Crippen LogP contribution is 2.19. The highest BCUT2D eigenvalue weighted by Gasteiger charge is 2.28. The zero-order valence-corrected chi connectivity index (χ0v) is 13.1. The van der Waals surface area contributed by atoms with Gasteiger partial charge in [0.15, 0.2) is 0 Å². The molecule has 2 rings (SSSR count). The molecule has 2 N–H and O–H groups in total. The molecule has 1 saturated heterocycles. The fourth-order valence-electron chi connectivity index (χ4n) is 2.33. The van der Waals surface area contributed by atoms with Gasteiger partial charge in [-0.15, -0.1) is 0 Å². The minimum atomic E-state index is -0.613. The van der Waals surface area contributed by atoms with Gasteiger partial charge >= 0.3 is 0 Å². The van der Waals surface area contributed by atoms with E-state index in [4.69, 9.17) is 9.47 Å². The Bertz CT molecular complexity index is 411. The minimum Gasteiger partial charge on any atom is -0.493 e. The van der Waals surface area contributed by atoms with Gasteiger partial charge in [0, 0.05) is 39.1 Å². The van der Waals surface area contributed by atoms with Crippen LogP contribution >= 0.6 is 0 Å². The molecule has 0 aromatic heterocycles. The molecule has 1 fully saturated rings. The fraction of sp³-hybridized carbons (Fsp3) is 0.647. The smallest absolute Gasteiger partial charge is 0.119 e. The molecule has 0 atom stereocenters. The minimum absolute atomic E-state index is 0.534. The summed E-state index contributed by atoms with van der Waals surface area (Å²) in [7, 11) is 0. The van der Waals surface area contributed by atoms with Gasteiger partial charge < -0.3 is 19.9 Å². The third kappa shape index (κ3) is 5.65. The molecule has 21 heavy (non-hydrogen) atoms. The molecule has 1 heterocycles. The number of rotatable bonds is 7. The van der Waals surface area contributed by atoms with E-state index < -0.39 is 5.60 Å². The van der Waals surface area contributed by atoms with Crippen molar-refractivity contribution in [1.82, 2.24) is 5.32 Å². The Morgan fingerprint density at radius 1 is 1.24 bits per heavy atom. The van der Waals surface area contributed by atoms with Gasteiger partial charge in [-0.05, 0) is 23.6 Å². The summed E-state index contributed by atoms with van der Waals surface area (Å²) in [5.41, 5.74) is 0.584. The zero-order valence-electron chi connectivity index (χ0n) is 13.1. The summed E-state index contributed by atoms with van der Waals surface area (Å²) >= 11 is 0. The summed E-state index contributed by atoms with van der Waals surface area (Å²) in [4.78, 5) is 0. The Morgan fingerprint density at radius 3 is 2.52 bits per heavy atom. The molecule has 4 heteroatoms. The lowest BCUT2D eigenvalue weighted by Crippen LogP contribution is -2.44. The van der Waals surface area contributed by atoms with Gasteiger partial charge in [0.2, 0.25) is 0 Å². The summed E-state index contributed by atoms with van der Waals surface area (Å²) in [5, 5.41) is 13.7. The Kier molecular flexibility index (Phi) is 6.03. The lowest BCUT2D eigenvalue weighted by Gasteiger charge is -2.32. The summed E-state index contributed by atoms with van der Waals surface area (Å²) < 4.78 is 10.9. The number of aliphatic hydroxyl groups is 1. The number of ether oxygens (including phenoxy) is 2. The Labute approximate surface area is 127 Å². The van der Waals surface area contributed by atoms with Crippen molar-refractivity contribution in [2.75, 3.05) is 26.4 Å². The lowest BCUT2D eigenvalue weighted by molar-refractivity contribution is -0.0617. The van der Waals surface area contributed by atoms with Crippen molar-refractivity contribution >= 4 is 0 Å². The van der Waals surface area contributed by atoms with Crippen LogP contribution in [0, 0.1) is 5.92 Å². The van der Waals surface area contributed by atoms with Crippen molar-refractivity contribution in [1.29, 1.82) is 0 Å². The van der Waals surface area contributed by atoms with Crippen LogP contribution in [0.15, 0.2) is 24.3 Å². The van der Waals surface area contributed by atoms with Crippen LogP contribution in [0.5, 0.6) is 5.75 Å². The number of benzene rings is 1. The second-order valence-electron chi connectivity index (χ2n) is 6.29. The third-order valence-electron chi connectivity index (χ3n) is 3.71. The number of nitrogens with one attached hydrogen (secondary N) is 1. The normalized spacial score (nSPS) is 17.9. The fourth-order valence-corrected chi connectivity index (χ4v) is 2.33. The number of hydrogen-bond donors (Lipinski definition) is 2. The largest absolute Gasteiger partial charge is 0.493 e. The quantitative estimate of drug-likeness (QED) is 0.810. The highest BCUT2D eigenvalue weighted by atomic mass is 16.5. The summed E-state index contributed by atoms with van der Waals surface area (Å²) in [5.74, 6) is 1.45. The zero-order chi connectivity index (χ0) is 15.1. The molecular weight excluding hydrogens is 266 g/mol. The first-order chi connectivity index (χ1) is 10.1. The average molecular weight is 293 g/mol. The van der Waals surface area contributed by atoms with Crippen molar-refractivity contribution in [2.24, 2.45) is 5.92 Å². The van der Waals surface area contributed by atoms with Crippen molar-refractivity contribution in [2.45, 2.75) is 38.8 Å². The molecule has 0 radical (unpaired) electrons. The Hall–Kier alpha value is -1.10. The molecule has 0 aliphatic carbocycles. The molecular formula is C17H27NO3. The molecule has 1 aromatic rings. The van der Waals surface area contributed by atoms with Gasteiger partial charge in [-0.1, -0.05) is 26.0 Å². The van der Waals surface area contributed by atoms with Gasteiger partial charge in [0.25, 0.3) is 0 Å². The maximum atomic E-state index is 10.4. The van der Waals surface area contributed by atoms with Crippen LogP contribution in [0.2, 0.25) is 0 Å². The van der Waals surface area contributed by atoms with E-state index in [1.165, 1.54) is 5.56 Å². The lowest BCUT2D eigenvalue weighted by atomic mass is 9.94. The summed E-state index contributed by atoms with van der Waals surface area (Å²) in [6, 6.07) is 8.14. The van der Waals surface area contributed by atoms with Crippen molar-refractivity contribution in [3.63, 3.8) is 0 Å². The van der Waals surface area contributed by atoms with Gasteiger partial charge in [-0.25, -0.2) is 0 Å². The molecule has 1 aliphatic heterocycles. The second kappa shape index (κ2) is 7.78. The van der Waals surface area contributed by atoms with Crippen molar-refractivity contribution < 1.29 is 14.6 Å². The molecule has 0 amide bonds. The monoisotopic (exact) mass is 293 g/mol. The van der Waals surface area contributed by atoms with E-state index in [2.05, 4.69) is 31.3 Å². The summed E-state index contributed by atoms with van der Waals surface area (Å²) in [6.45, 7) is 7.70. The predicted octanol–water partition coefficient (Wildman–Crippen LogP) is 2.35. The van der Waals surface area contributed by atoms with E-state index in [0.29, 0.717) is 38.5 Å². The van der Waals surface area contributed by atoms with E-state index in [9.17, 15) is 5.11 Å². The van der Waals surface area contributed by atoms with Crippen LogP contribution < -0.4 is 10.1 Å². The molecule has 0 unspecified atom stereocenters. The van der Waals surface area contributed by atoms with Crippen molar-refractivity contribution in [3.05, 3.63) is 29.8 Å². The van der Waals surface area contributed by atoms with E-state index in [-0.39, 0.29) is 0 Å². The van der Waals surface area contributed by atoms with Crippen molar-refractivity contribution in [3.8, 4) is 5.75 Å². The SMILES string of the molecule is CC(C)COc1ccc(CNCC2(O)CCOCC2)cc1. The second-order valence-corrected chi connectivity index (χ2v) is 6.29. The molecule has 0 saturated carbocycles. The molecule has 1 aromatic carbocycles. The van der Waals surface area contributed by atoms with E-state index in [1.54, 1.807) is 0 Å². The topological polar surface area (TPSA) is 50.7 Å². The third-order valence-corrected chi connectivity index (χ3v) is 3.71. The Balaban J connectivity index is 1.73. The van der Waals surface area contributed by atoms with E-state index in [1.807, 2.05) is 12.1 Å². The van der Waals surface area contributed by atoms with Crippen LogP contribution in [0.1, 0.15) is 32.3 Å². The molecule has 0 bridgehead atoms. The van der Waals surface area contributed by atoms with Crippen LogP contribution in [-0.2, 0) is 11.3 Å². The van der Waals surface area contributed by atoms with Crippen LogP contribution in [-0.4, -0.2) is 37.1 Å². The molecule has 4 nitrogen and oxygen atoms in total. The van der Waals surface area contributed by atoms with Gasteiger partial charge in [0.05, 0.1) is 12.2 Å². The van der Waals surface area contributed by atoms with Crippen LogP contribution in [0.3, 0.4) is 0 Å². The number of hydrogen-bond acceptors (Lipinski definition) is 4. The molecule has 0 spiro atoms. The Morgan fingerprint density at radius 2 is 1.90 bits per heavy atom. The van der Waals surface area contributed by atoms with Crippen LogP contribution in [0.25, 0.3) is 0 Å². The van der Waals surface area contributed by atoms with Gasteiger partial charge in [-0.3, -0.25) is 0 Å². The highest BCUT2D eigenvalue weighted by molar-refractivity contribution is 5.27. The standard InChI is InChI=1S/C17H27NO3/c1-14(2)12-21-16-5-3-15(4-6-16)11-18-13-17(19)7-9-20-10-8-17/h3-6,14,18-19H,7-13H2,1-2H3. The van der Waals surface area contributed by atoms with Gasteiger partial charge in [0.1, 0.15) is 5.75 Å². The summed E-state index contributed by atoms with van der Waals surface area (Å²) in [6.07, 6.45) is 1.42. The predicted molar refractivity (Wildman–Crippen MR) is 83.5 cm³/mol. The first kappa shape index (κ1) is 16.3. The van der Waals surface area contributed by atoms with E-state index >= 15 is 0 Å². The maximum Gasteiger partial charge on any atom is 0.119 e. The van der Waals surface area contributed by atoms with Crippen LogP contribution in [0.4, 0.5) is 0 Å². The first-order valence-electron chi connectivity index (χ1n) is 7.80. The van der Waals surface area contributed by atoms with Gasteiger partial charge in [-0.2, -0.15) is 0 Å². The maximum absolute atomic E-state index is 10.4. The van der Waals surface area contributed by atoms with E-state index in [0.717, 1.165) is 18.9 Å². The molecule has 118 valence electrons. The first-order valence-corrected chi connectivity index (χ1v) is 7.80. The average Bonchev–Trinajstić information content (AvgIpc) is 2.47.